The molecule has 0 aromatic heterocycles. The van der Waals surface area contributed by atoms with E-state index in [0.717, 1.165) is 25.3 Å². The van der Waals surface area contributed by atoms with Crippen LogP contribution in [0.25, 0.3) is 0 Å². The summed E-state index contributed by atoms with van der Waals surface area (Å²) in [4.78, 5) is 7.04. The van der Waals surface area contributed by atoms with Crippen LogP contribution < -0.4 is 5.32 Å². The molecule has 0 saturated carbocycles. The Balaban J connectivity index is 0.00000121. The summed E-state index contributed by atoms with van der Waals surface area (Å²) < 4.78 is 0. The fourth-order valence-electron chi connectivity index (χ4n) is 1.79. The van der Waals surface area contributed by atoms with E-state index in [4.69, 9.17) is 0 Å². The first kappa shape index (κ1) is 15.9. The van der Waals surface area contributed by atoms with Crippen LogP contribution in [0.1, 0.15) is 34.1 Å². The summed E-state index contributed by atoms with van der Waals surface area (Å²) in [7, 11) is 0. The molecule has 1 atom stereocenters. The lowest BCUT2D eigenvalue weighted by Gasteiger charge is -2.19. The molecule has 0 radical (unpaired) electrons. The molecule has 1 fully saturated rings. The van der Waals surface area contributed by atoms with Crippen LogP contribution in [0.5, 0.6) is 0 Å². The van der Waals surface area contributed by atoms with Gasteiger partial charge < -0.3 is 5.32 Å². The number of nitrogens with zero attached hydrogens (tertiary/aromatic N) is 2. The van der Waals surface area contributed by atoms with E-state index >= 15 is 0 Å². The topological polar surface area (TPSA) is 27.6 Å². The number of aliphatic imine (C=N–C) groups is 1. The van der Waals surface area contributed by atoms with Gasteiger partial charge >= 0.3 is 0 Å². The highest BCUT2D eigenvalue weighted by Gasteiger charge is 2.23. The van der Waals surface area contributed by atoms with Crippen LogP contribution in [-0.2, 0) is 0 Å². The highest BCUT2D eigenvalue weighted by Crippen LogP contribution is 2.15. The van der Waals surface area contributed by atoms with Gasteiger partial charge in [0.25, 0.3) is 0 Å². The van der Waals surface area contributed by atoms with Gasteiger partial charge in [-0.2, -0.15) is 0 Å². The molecule has 0 aromatic rings. The second kappa shape index (κ2) is 8.99. The quantitative estimate of drug-likeness (QED) is 0.601. The first-order chi connectivity index (χ1) is 8.17. The third kappa shape index (κ3) is 5.68. The Morgan fingerprint density at radius 1 is 1.41 bits per heavy atom. The average molecular weight is 237 g/mol. The molecule has 1 saturated heterocycles. The minimum Gasteiger partial charge on any atom is -0.348 e. The minimum absolute atomic E-state index is 0.396. The molecule has 1 aliphatic rings. The summed E-state index contributed by atoms with van der Waals surface area (Å²) in [6.45, 7) is 18.0. The molecule has 3 heteroatoms. The molecule has 0 aliphatic carbocycles. The van der Waals surface area contributed by atoms with E-state index in [1.807, 2.05) is 13.8 Å². The highest BCUT2D eigenvalue weighted by molar-refractivity contribution is 5.93. The predicted molar refractivity (Wildman–Crippen MR) is 77.4 cm³/mol. The molecular weight excluding hydrogens is 210 g/mol. The van der Waals surface area contributed by atoms with E-state index in [2.05, 4.69) is 42.2 Å². The summed E-state index contributed by atoms with van der Waals surface area (Å²) in [6.07, 6.45) is 4.50. The van der Waals surface area contributed by atoms with Crippen molar-refractivity contribution in [3.05, 3.63) is 25.4 Å². The zero-order valence-electron chi connectivity index (χ0n) is 11.7. The van der Waals surface area contributed by atoms with Gasteiger partial charge in [-0.1, -0.05) is 27.0 Å². The lowest BCUT2D eigenvalue weighted by atomic mass is 10.3. The zero-order valence-corrected chi connectivity index (χ0v) is 11.7. The number of nitrogens with one attached hydrogen (secondary N) is 1. The standard InChI is InChI=1S/C12H21N3.C2H6/c1-5-12(13-6-2)14-11-7-8-15(9-11)10(3)4;1-2/h5-6,10-11H,1-2,7-9H2,3-4H3,(H,13,14);1-2H3. The van der Waals surface area contributed by atoms with E-state index in [1.165, 1.54) is 0 Å². The molecule has 0 aromatic carbocycles. The maximum absolute atomic E-state index is 4.59. The van der Waals surface area contributed by atoms with Crippen LogP contribution in [0, 0.1) is 0 Å². The van der Waals surface area contributed by atoms with Gasteiger partial charge in [-0.3, -0.25) is 9.89 Å². The number of amidine groups is 1. The van der Waals surface area contributed by atoms with Crippen LogP contribution >= 0.6 is 0 Å². The summed E-state index contributed by atoms with van der Waals surface area (Å²) in [6, 6.07) is 1.01. The molecule has 17 heavy (non-hydrogen) atoms. The van der Waals surface area contributed by atoms with E-state index in [0.29, 0.717) is 12.1 Å². The largest absolute Gasteiger partial charge is 0.348 e. The highest BCUT2D eigenvalue weighted by atomic mass is 15.2. The maximum atomic E-state index is 4.59. The van der Waals surface area contributed by atoms with Crippen molar-refractivity contribution < 1.29 is 0 Å². The first-order valence-corrected chi connectivity index (χ1v) is 6.49. The smallest absolute Gasteiger partial charge is 0.124 e. The van der Waals surface area contributed by atoms with Crippen molar-refractivity contribution in [3.8, 4) is 0 Å². The van der Waals surface area contributed by atoms with Gasteiger partial charge in [0.05, 0.1) is 6.04 Å². The summed E-state index contributed by atoms with van der Waals surface area (Å²) in [5.74, 6) is 0.820. The van der Waals surface area contributed by atoms with Gasteiger partial charge in [0.15, 0.2) is 0 Å². The zero-order chi connectivity index (χ0) is 13.3. The minimum atomic E-state index is 0.396. The van der Waals surface area contributed by atoms with Crippen molar-refractivity contribution in [2.24, 2.45) is 4.99 Å². The second-order valence-corrected chi connectivity index (χ2v) is 4.10. The Kier molecular flexibility index (Phi) is 8.42. The predicted octanol–water partition coefficient (Wildman–Crippen LogP) is 2.81. The molecule has 1 N–H and O–H groups in total. The van der Waals surface area contributed by atoms with Gasteiger partial charge in [-0.25, -0.2) is 0 Å². The van der Waals surface area contributed by atoms with Crippen molar-refractivity contribution in [2.75, 3.05) is 13.1 Å². The Labute approximate surface area is 106 Å². The first-order valence-electron chi connectivity index (χ1n) is 6.49. The molecule has 1 heterocycles. The summed E-state index contributed by atoms with van der Waals surface area (Å²) >= 11 is 0. The van der Waals surface area contributed by atoms with Crippen molar-refractivity contribution >= 4 is 5.84 Å². The number of hydrogen-bond acceptors (Lipinski definition) is 2. The number of rotatable bonds is 4. The van der Waals surface area contributed by atoms with E-state index < -0.39 is 0 Å². The van der Waals surface area contributed by atoms with Crippen LogP contribution in [0.3, 0.4) is 0 Å². The van der Waals surface area contributed by atoms with E-state index in [1.54, 1.807) is 12.3 Å². The van der Waals surface area contributed by atoms with Crippen LogP contribution in [0.15, 0.2) is 30.4 Å². The molecule has 1 unspecified atom stereocenters. The van der Waals surface area contributed by atoms with Gasteiger partial charge in [0, 0.05) is 19.1 Å². The molecule has 98 valence electrons. The molecular formula is C14H27N3. The second-order valence-electron chi connectivity index (χ2n) is 4.10. The molecule has 1 aliphatic heterocycles. The molecule has 0 bridgehead atoms. The monoisotopic (exact) mass is 237 g/mol. The van der Waals surface area contributed by atoms with Gasteiger partial charge in [0.1, 0.15) is 5.84 Å². The van der Waals surface area contributed by atoms with Crippen LogP contribution in [0.4, 0.5) is 0 Å². The Morgan fingerprint density at radius 2 is 2.06 bits per heavy atom. The third-order valence-electron chi connectivity index (χ3n) is 2.69. The summed E-state index contributed by atoms with van der Waals surface area (Å²) in [5, 5.41) is 2.98. The fraction of sp³-hybridized carbons (Fsp3) is 0.643. The SMILES string of the molecule is C=CNC(C=C)=NC1CCN(C(C)C)C1.CC. The van der Waals surface area contributed by atoms with Crippen LogP contribution in [-0.4, -0.2) is 35.9 Å². The number of hydrogen-bond donors (Lipinski definition) is 1. The third-order valence-corrected chi connectivity index (χ3v) is 2.69. The van der Waals surface area contributed by atoms with Gasteiger partial charge in [-0.05, 0) is 32.5 Å². The number of likely N-dealkylation sites (tertiary alicyclic amines) is 1. The fourth-order valence-corrected chi connectivity index (χ4v) is 1.79. The molecule has 3 nitrogen and oxygen atoms in total. The van der Waals surface area contributed by atoms with Gasteiger partial charge in [-0.15, -0.1) is 0 Å². The van der Waals surface area contributed by atoms with E-state index in [9.17, 15) is 0 Å². The molecule has 1 rings (SSSR count). The molecule has 0 spiro atoms. The normalized spacial score (nSPS) is 20.8. The average Bonchev–Trinajstić information content (AvgIpc) is 2.80. The van der Waals surface area contributed by atoms with Crippen molar-refractivity contribution in [3.63, 3.8) is 0 Å². The lowest BCUT2D eigenvalue weighted by Crippen LogP contribution is -2.29. The Morgan fingerprint density at radius 3 is 2.47 bits per heavy atom. The van der Waals surface area contributed by atoms with Crippen LogP contribution in [0.2, 0.25) is 0 Å². The Bertz CT molecular complexity index is 256. The summed E-state index contributed by atoms with van der Waals surface area (Å²) in [5.41, 5.74) is 0. The van der Waals surface area contributed by atoms with Crippen molar-refractivity contribution in [1.29, 1.82) is 0 Å². The van der Waals surface area contributed by atoms with Gasteiger partial charge in [0.2, 0.25) is 0 Å². The maximum Gasteiger partial charge on any atom is 0.124 e. The van der Waals surface area contributed by atoms with Crippen molar-refractivity contribution in [1.82, 2.24) is 10.2 Å². The lowest BCUT2D eigenvalue weighted by molar-refractivity contribution is 0.273. The van der Waals surface area contributed by atoms with Crippen molar-refractivity contribution in [2.45, 2.75) is 46.2 Å². The Hall–Kier alpha value is -1.09. The van der Waals surface area contributed by atoms with E-state index in [-0.39, 0.29) is 0 Å². The molecule has 0 amide bonds.